The minimum Gasteiger partial charge on any atom is -0.312 e. The third-order valence-corrected chi connectivity index (χ3v) is 5.85. The number of nitrogens with zero attached hydrogens (tertiary/aromatic N) is 4. The molecule has 5 rings (SSSR count). The number of nitrogens with one attached hydrogen (secondary N) is 1. The highest BCUT2D eigenvalue weighted by atomic mass is 16.2. The molecule has 1 atom stereocenters. The average Bonchev–Trinajstić information content (AvgIpc) is 3.48. The van der Waals surface area contributed by atoms with Crippen LogP contribution in [-0.2, 0) is 29.0 Å². The van der Waals surface area contributed by atoms with E-state index in [9.17, 15) is 9.59 Å². The first-order chi connectivity index (χ1) is 14.7. The van der Waals surface area contributed by atoms with Crippen LogP contribution in [0.2, 0.25) is 0 Å². The van der Waals surface area contributed by atoms with Crippen LogP contribution in [0.5, 0.6) is 0 Å². The van der Waals surface area contributed by atoms with Gasteiger partial charge in [-0.1, -0.05) is 12.1 Å². The Kier molecular flexibility index (Phi) is 4.78. The lowest BCUT2D eigenvalue weighted by Crippen LogP contribution is -2.28. The van der Waals surface area contributed by atoms with Gasteiger partial charge in [0.1, 0.15) is 0 Å². The Hall–Kier alpha value is -3.48. The normalized spacial score (nSPS) is 17.9. The summed E-state index contributed by atoms with van der Waals surface area (Å²) in [5.74, 6) is -0.0598. The number of aromatic nitrogens is 3. The Morgan fingerprint density at radius 3 is 2.93 bits per heavy atom. The maximum Gasteiger partial charge on any atom is 0.231 e. The van der Waals surface area contributed by atoms with Gasteiger partial charge in [0, 0.05) is 43.3 Å². The van der Waals surface area contributed by atoms with Crippen molar-refractivity contribution in [1.29, 1.82) is 0 Å². The molecule has 152 valence electrons. The van der Waals surface area contributed by atoms with Crippen molar-refractivity contribution >= 4 is 23.3 Å². The predicted molar refractivity (Wildman–Crippen MR) is 113 cm³/mol. The standard InChI is InChI=1S/C23H23N5O2/c29-22-12-19(15-28(22)20-7-6-17-4-1-5-18(17)11-20)23(30)25-21-8-10-27(26-21)14-16-3-2-9-24-13-16/h2-3,6-11,13,19H,1,4-5,12,14-15H2,(H,25,26,30). The first kappa shape index (κ1) is 18.5. The minimum atomic E-state index is -0.380. The highest BCUT2D eigenvalue weighted by Crippen LogP contribution is 2.30. The first-order valence-electron chi connectivity index (χ1n) is 10.3. The number of anilines is 2. The molecule has 1 aromatic carbocycles. The molecule has 1 N–H and O–H groups in total. The molecule has 1 fully saturated rings. The zero-order valence-electron chi connectivity index (χ0n) is 16.6. The van der Waals surface area contributed by atoms with Gasteiger partial charge >= 0.3 is 0 Å². The molecule has 3 aromatic rings. The number of benzene rings is 1. The van der Waals surface area contributed by atoms with Gasteiger partial charge < -0.3 is 10.2 Å². The number of amides is 2. The van der Waals surface area contributed by atoms with E-state index >= 15 is 0 Å². The lowest BCUT2D eigenvalue weighted by atomic mass is 10.1. The van der Waals surface area contributed by atoms with Crippen molar-refractivity contribution in [2.24, 2.45) is 5.92 Å². The van der Waals surface area contributed by atoms with Gasteiger partial charge in [-0.05, 0) is 54.2 Å². The van der Waals surface area contributed by atoms with Crippen LogP contribution in [-0.4, -0.2) is 33.1 Å². The number of hydrogen-bond acceptors (Lipinski definition) is 4. The molecule has 1 unspecified atom stereocenters. The van der Waals surface area contributed by atoms with Crippen LogP contribution < -0.4 is 10.2 Å². The van der Waals surface area contributed by atoms with E-state index in [0.717, 1.165) is 24.1 Å². The van der Waals surface area contributed by atoms with E-state index in [2.05, 4.69) is 27.5 Å². The quantitative estimate of drug-likeness (QED) is 0.713. The van der Waals surface area contributed by atoms with E-state index in [1.165, 1.54) is 17.5 Å². The van der Waals surface area contributed by atoms with Crippen LogP contribution in [0.1, 0.15) is 29.5 Å². The second kappa shape index (κ2) is 7.74. The van der Waals surface area contributed by atoms with E-state index in [-0.39, 0.29) is 24.2 Å². The van der Waals surface area contributed by atoms with Gasteiger partial charge in [-0.2, -0.15) is 5.10 Å². The van der Waals surface area contributed by atoms with Gasteiger partial charge in [-0.25, -0.2) is 0 Å². The van der Waals surface area contributed by atoms with Gasteiger partial charge in [-0.3, -0.25) is 19.3 Å². The van der Waals surface area contributed by atoms with Gasteiger partial charge in [0.15, 0.2) is 5.82 Å². The fraction of sp³-hybridized carbons (Fsp3) is 0.304. The van der Waals surface area contributed by atoms with E-state index in [1.807, 2.05) is 24.4 Å². The monoisotopic (exact) mass is 401 g/mol. The number of pyridine rings is 1. The number of fused-ring (bicyclic) bond motifs is 1. The van der Waals surface area contributed by atoms with Crippen molar-refractivity contribution in [1.82, 2.24) is 14.8 Å². The van der Waals surface area contributed by atoms with Crippen molar-refractivity contribution < 1.29 is 9.59 Å². The van der Waals surface area contributed by atoms with Crippen LogP contribution in [0.4, 0.5) is 11.5 Å². The summed E-state index contributed by atoms with van der Waals surface area (Å²) in [4.78, 5) is 31.2. The predicted octanol–water partition coefficient (Wildman–Crippen LogP) is 2.81. The first-order valence-corrected chi connectivity index (χ1v) is 10.3. The summed E-state index contributed by atoms with van der Waals surface area (Å²) in [6, 6.07) is 11.9. The second-order valence-corrected chi connectivity index (χ2v) is 7.96. The molecule has 7 nitrogen and oxygen atoms in total. The minimum absolute atomic E-state index is 0.00444. The molecule has 2 amide bonds. The summed E-state index contributed by atoms with van der Waals surface area (Å²) in [6.45, 7) is 0.984. The number of aryl methyl sites for hydroxylation is 2. The lowest BCUT2D eigenvalue weighted by Gasteiger charge is -2.17. The van der Waals surface area contributed by atoms with Crippen LogP contribution >= 0.6 is 0 Å². The van der Waals surface area contributed by atoms with E-state index in [0.29, 0.717) is 18.9 Å². The molecule has 0 bridgehead atoms. The smallest absolute Gasteiger partial charge is 0.231 e. The second-order valence-electron chi connectivity index (χ2n) is 7.96. The summed E-state index contributed by atoms with van der Waals surface area (Å²) in [6.07, 6.45) is 8.91. The Morgan fingerprint density at radius 1 is 1.17 bits per heavy atom. The van der Waals surface area contributed by atoms with Crippen molar-refractivity contribution in [3.8, 4) is 0 Å². The van der Waals surface area contributed by atoms with Crippen molar-refractivity contribution in [3.05, 3.63) is 71.7 Å². The topological polar surface area (TPSA) is 80.1 Å². The zero-order chi connectivity index (χ0) is 20.5. The molecule has 2 aliphatic rings. The molecule has 2 aromatic heterocycles. The molecule has 30 heavy (non-hydrogen) atoms. The molecule has 0 radical (unpaired) electrons. The Bertz CT molecular complexity index is 1090. The summed E-state index contributed by atoms with van der Waals surface area (Å²) in [5.41, 5.74) is 4.63. The van der Waals surface area contributed by atoms with Crippen LogP contribution in [0.3, 0.4) is 0 Å². The molecule has 1 aliphatic heterocycles. The number of carbonyl (C=O) groups is 2. The van der Waals surface area contributed by atoms with Crippen LogP contribution in [0.25, 0.3) is 0 Å². The molecule has 0 spiro atoms. The summed E-state index contributed by atoms with van der Waals surface area (Å²) in [5, 5.41) is 7.27. The van der Waals surface area contributed by atoms with Crippen molar-refractivity contribution in [2.75, 3.05) is 16.8 Å². The van der Waals surface area contributed by atoms with E-state index in [1.54, 1.807) is 28.0 Å². The third-order valence-electron chi connectivity index (χ3n) is 5.85. The highest BCUT2D eigenvalue weighted by molar-refractivity contribution is 6.03. The van der Waals surface area contributed by atoms with Crippen LogP contribution in [0, 0.1) is 5.92 Å². The molecular formula is C23H23N5O2. The molecule has 1 aliphatic carbocycles. The molecule has 7 heteroatoms. The molecule has 3 heterocycles. The van der Waals surface area contributed by atoms with Crippen molar-refractivity contribution in [3.63, 3.8) is 0 Å². The number of carbonyl (C=O) groups excluding carboxylic acids is 2. The lowest BCUT2D eigenvalue weighted by molar-refractivity contribution is -0.122. The maximum absolute atomic E-state index is 12.7. The number of hydrogen-bond donors (Lipinski definition) is 1. The number of rotatable bonds is 5. The van der Waals surface area contributed by atoms with Crippen LogP contribution in [0.15, 0.2) is 55.0 Å². The fourth-order valence-corrected chi connectivity index (χ4v) is 4.28. The summed E-state index contributed by atoms with van der Waals surface area (Å²) in [7, 11) is 0. The Labute approximate surface area is 174 Å². The van der Waals surface area contributed by atoms with Gasteiger partial charge in [-0.15, -0.1) is 0 Å². The zero-order valence-corrected chi connectivity index (χ0v) is 16.6. The highest BCUT2D eigenvalue weighted by Gasteiger charge is 2.35. The fourth-order valence-electron chi connectivity index (χ4n) is 4.28. The average molecular weight is 401 g/mol. The summed E-state index contributed by atoms with van der Waals surface area (Å²) < 4.78 is 1.75. The van der Waals surface area contributed by atoms with Crippen molar-refractivity contribution in [2.45, 2.75) is 32.2 Å². The van der Waals surface area contributed by atoms with Gasteiger partial charge in [0.05, 0.1) is 12.5 Å². The molecular weight excluding hydrogens is 378 g/mol. The van der Waals surface area contributed by atoms with Gasteiger partial charge in [0.25, 0.3) is 0 Å². The maximum atomic E-state index is 12.7. The Morgan fingerprint density at radius 2 is 2.07 bits per heavy atom. The van der Waals surface area contributed by atoms with Gasteiger partial charge in [0.2, 0.25) is 11.8 Å². The molecule has 1 saturated heterocycles. The van der Waals surface area contributed by atoms with E-state index in [4.69, 9.17) is 0 Å². The third kappa shape index (κ3) is 3.70. The largest absolute Gasteiger partial charge is 0.312 e. The summed E-state index contributed by atoms with van der Waals surface area (Å²) >= 11 is 0. The van der Waals surface area contributed by atoms with E-state index < -0.39 is 0 Å². The molecule has 0 saturated carbocycles. The Balaban J connectivity index is 1.22. The SMILES string of the molecule is O=C(Nc1ccn(Cc2cccnc2)n1)C1CC(=O)N(c2ccc3c(c2)CCC3)C1.